The summed E-state index contributed by atoms with van der Waals surface area (Å²) in [5.41, 5.74) is 1.68. The van der Waals surface area contributed by atoms with Crippen LogP contribution >= 0.6 is 0 Å². The summed E-state index contributed by atoms with van der Waals surface area (Å²) in [7, 11) is 4.63. The molecule has 4 rings (SSSR count). The largest absolute Gasteiger partial charge is 0.493 e. The molecular formula is C21H21F3N4O4. The molecule has 0 saturated carbocycles. The molecular weight excluding hydrogens is 429 g/mol. The molecule has 2 aromatic heterocycles. The van der Waals surface area contributed by atoms with Gasteiger partial charge in [0.15, 0.2) is 11.5 Å². The van der Waals surface area contributed by atoms with Gasteiger partial charge in [-0.2, -0.15) is 13.2 Å². The third-order valence-electron chi connectivity index (χ3n) is 5.34. The lowest BCUT2D eigenvalue weighted by molar-refractivity contribution is -0.208. The van der Waals surface area contributed by atoms with Crippen molar-refractivity contribution in [2.45, 2.75) is 18.7 Å². The lowest BCUT2D eigenvalue weighted by Crippen LogP contribution is -2.42. The van der Waals surface area contributed by atoms with Gasteiger partial charge in [0.05, 0.1) is 31.8 Å². The summed E-state index contributed by atoms with van der Waals surface area (Å²) in [4.78, 5) is 20.2. The maximum absolute atomic E-state index is 13.9. The number of pyridine rings is 1. The van der Waals surface area contributed by atoms with Crippen LogP contribution in [0.15, 0.2) is 30.6 Å². The first-order valence-corrected chi connectivity index (χ1v) is 9.75. The van der Waals surface area contributed by atoms with Gasteiger partial charge in [-0.3, -0.25) is 4.79 Å². The van der Waals surface area contributed by atoms with E-state index in [0.717, 1.165) is 0 Å². The molecule has 0 aliphatic carbocycles. The van der Waals surface area contributed by atoms with Crippen molar-refractivity contribution in [3.05, 3.63) is 30.6 Å². The Morgan fingerprint density at radius 1 is 1.19 bits per heavy atom. The van der Waals surface area contributed by atoms with Gasteiger partial charge in [0, 0.05) is 31.5 Å². The van der Waals surface area contributed by atoms with Crippen LogP contribution in [0.1, 0.15) is 6.42 Å². The van der Waals surface area contributed by atoms with E-state index in [0.29, 0.717) is 33.8 Å². The Balaban J connectivity index is 1.80. The molecule has 1 aliphatic heterocycles. The molecule has 1 N–H and O–H groups in total. The molecule has 170 valence electrons. The second-order valence-electron chi connectivity index (χ2n) is 7.45. The number of nitrogens with one attached hydrogen (secondary N) is 1. The predicted molar refractivity (Wildman–Crippen MR) is 109 cm³/mol. The van der Waals surface area contributed by atoms with Gasteiger partial charge in [0.2, 0.25) is 17.9 Å². The highest BCUT2D eigenvalue weighted by molar-refractivity contribution is 5.85. The van der Waals surface area contributed by atoms with E-state index < -0.39 is 24.1 Å². The maximum Gasteiger partial charge on any atom is 0.425 e. The maximum atomic E-state index is 13.9. The number of aryl methyl sites for hydroxylation is 1. The molecule has 1 saturated heterocycles. The van der Waals surface area contributed by atoms with E-state index in [9.17, 15) is 18.0 Å². The number of nitrogens with zero attached hydrogens (tertiary/aromatic N) is 3. The second-order valence-corrected chi connectivity index (χ2v) is 7.45. The number of ether oxygens (including phenoxy) is 3. The first-order chi connectivity index (χ1) is 15.2. The van der Waals surface area contributed by atoms with E-state index in [-0.39, 0.29) is 18.8 Å². The molecule has 1 amide bonds. The molecule has 1 aliphatic rings. The SMILES string of the molecule is COc1ccc(-c2cc3ncn(C)c3c(OC([C@H]3CNC(=O)C3)C(F)(F)F)n2)cc1OC. The van der Waals surface area contributed by atoms with Crippen LogP contribution in [0.2, 0.25) is 0 Å². The monoisotopic (exact) mass is 450 g/mol. The van der Waals surface area contributed by atoms with E-state index in [2.05, 4.69) is 15.3 Å². The highest BCUT2D eigenvalue weighted by atomic mass is 19.4. The molecule has 3 aromatic rings. The normalized spacial score (nSPS) is 17.3. The Hall–Kier alpha value is -3.50. The van der Waals surface area contributed by atoms with Crippen LogP contribution in [0.5, 0.6) is 17.4 Å². The minimum Gasteiger partial charge on any atom is -0.493 e. The zero-order valence-electron chi connectivity index (χ0n) is 17.6. The summed E-state index contributed by atoms with van der Waals surface area (Å²) in [5.74, 6) is -0.766. The number of hydrogen-bond donors (Lipinski definition) is 1. The summed E-state index contributed by atoms with van der Waals surface area (Å²) in [5, 5.41) is 2.43. The summed E-state index contributed by atoms with van der Waals surface area (Å²) in [6.45, 7) is -0.118. The van der Waals surface area contributed by atoms with Gasteiger partial charge in [0.1, 0.15) is 5.52 Å². The van der Waals surface area contributed by atoms with Crippen molar-refractivity contribution in [2.24, 2.45) is 13.0 Å². The minimum atomic E-state index is -4.69. The zero-order valence-corrected chi connectivity index (χ0v) is 17.6. The number of alkyl halides is 3. The molecule has 3 heterocycles. The van der Waals surface area contributed by atoms with Crippen molar-refractivity contribution in [3.63, 3.8) is 0 Å². The zero-order chi connectivity index (χ0) is 23.0. The standard InChI is InChI=1S/C21H21F3N4O4/c1-28-10-26-14-8-13(11-4-5-15(30-2)16(6-11)31-3)27-20(18(14)28)32-19(21(22,23)24)12-7-17(29)25-9-12/h4-6,8,10,12,19H,7,9H2,1-3H3,(H,25,29)/t12-,19?/m1/s1. The molecule has 2 atom stereocenters. The Kier molecular flexibility index (Phi) is 5.57. The van der Waals surface area contributed by atoms with Gasteiger partial charge in [-0.05, 0) is 24.3 Å². The van der Waals surface area contributed by atoms with Crippen molar-refractivity contribution in [3.8, 4) is 28.6 Å². The summed E-state index contributed by atoms with van der Waals surface area (Å²) in [6, 6.07) is 6.71. The topological polar surface area (TPSA) is 87.5 Å². The number of halogens is 3. The number of amides is 1. The number of hydrogen-bond acceptors (Lipinski definition) is 6. The van der Waals surface area contributed by atoms with Gasteiger partial charge in [0.25, 0.3) is 0 Å². The van der Waals surface area contributed by atoms with Crippen LogP contribution in [-0.4, -0.2) is 53.5 Å². The molecule has 1 aromatic carbocycles. The first kappa shape index (κ1) is 21.7. The number of carbonyl (C=O) groups excluding carboxylic acids is 1. The van der Waals surface area contributed by atoms with Gasteiger partial charge in [-0.1, -0.05) is 0 Å². The molecule has 1 fully saturated rings. The van der Waals surface area contributed by atoms with Gasteiger partial charge in [-0.15, -0.1) is 0 Å². The average Bonchev–Trinajstić information content (AvgIpc) is 3.36. The third kappa shape index (κ3) is 4.02. The lowest BCUT2D eigenvalue weighted by atomic mass is 10.0. The Morgan fingerprint density at radius 2 is 1.94 bits per heavy atom. The smallest absolute Gasteiger partial charge is 0.425 e. The Bertz CT molecular complexity index is 1160. The number of benzene rings is 1. The van der Waals surface area contributed by atoms with Crippen LogP contribution in [0.25, 0.3) is 22.3 Å². The van der Waals surface area contributed by atoms with Crippen LogP contribution < -0.4 is 19.5 Å². The fraction of sp³-hybridized carbons (Fsp3) is 0.381. The van der Waals surface area contributed by atoms with Crippen molar-refractivity contribution in [2.75, 3.05) is 20.8 Å². The summed E-state index contributed by atoms with van der Waals surface area (Å²) >= 11 is 0. The van der Waals surface area contributed by atoms with Gasteiger partial charge in [-0.25, -0.2) is 9.97 Å². The lowest BCUT2D eigenvalue weighted by Gasteiger charge is -2.26. The van der Waals surface area contributed by atoms with Gasteiger partial charge < -0.3 is 24.1 Å². The summed E-state index contributed by atoms with van der Waals surface area (Å²) < 4.78 is 59.2. The van der Waals surface area contributed by atoms with Crippen LogP contribution in [-0.2, 0) is 11.8 Å². The molecule has 8 nitrogen and oxygen atoms in total. The second kappa shape index (κ2) is 8.21. The van der Waals surface area contributed by atoms with Crippen molar-refractivity contribution >= 4 is 16.9 Å². The van der Waals surface area contributed by atoms with E-state index >= 15 is 0 Å². The van der Waals surface area contributed by atoms with E-state index in [1.165, 1.54) is 20.5 Å². The number of carbonyl (C=O) groups is 1. The van der Waals surface area contributed by atoms with Crippen molar-refractivity contribution < 1.29 is 32.2 Å². The van der Waals surface area contributed by atoms with Crippen LogP contribution in [0, 0.1) is 5.92 Å². The number of aromatic nitrogens is 3. The Morgan fingerprint density at radius 3 is 2.56 bits per heavy atom. The number of methoxy groups -OCH3 is 2. The summed E-state index contributed by atoms with van der Waals surface area (Å²) in [6.07, 6.45) is -5.69. The quantitative estimate of drug-likeness (QED) is 0.621. The average molecular weight is 450 g/mol. The van der Waals surface area contributed by atoms with Crippen molar-refractivity contribution in [1.29, 1.82) is 0 Å². The van der Waals surface area contributed by atoms with E-state index in [1.54, 1.807) is 35.9 Å². The molecule has 32 heavy (non-hydrogen) atoms. The fourth-order valence-corrected chi connectivity index (χ4v) is 3.76. The molecule has 0 bridgehead atoms. The number of fused-ring (bicyclic) bond motifs is 1. The highest BCUT2D eigenvalue weighted by Gasteiger charge is 2.49. The molecule has 0 spiro atoms. The Labute approximate surface area is 181 Å². The van der Waals surface area contributed by atoms with E-state index in [1.807, 2.05) is 0 Å². The third-order valence-corrected chi connectivity index (χ3v) is 5.34. The molecule has 11 heteroatoms. The number of imidazole rings is 1. The molecule has 0 radical (unpaired) electrons. The first-order valence-electron chi connectivity index (χ1n) is 9.75. The van der Waals surface area contributed by atoms with Gasteiger partial charge >= 0.3 is 6.18 Å². The minimum absolute atomic E-state index is 0.118. The number of rotatable bonds is 6. The van der Waals surface area contributed by atoms with Crippen LogP contribution in [0.4, 0.5) is 13.2 Å². The highest BCUT2D eigenvalue weighted by Crippen LogP contribution is 2.37. The predicted octanol–water partition coefficient (Wildman–Crippen LogP) is 3.10. The van der Waals surface area contributed by atoms with E-state index in [4.69, 9.17) is 14.2 Å². The molecule has 1 unspecified atom stereocenters. The fourth-order valence-electron chi connectivity index (χ4n) is 3.76. The van der Waals surface area contributed by atoms with Crippen molar-refractivity contribution in [1.82, 2.24) is 19.9 Å². The van der Waals surface area contributed by atoms with Crippen LogP contribution in [0.3, 0.4) is 0 Å².